The molecule has 0 saturated heterocycles. The van der Waals surface area contributed by atoms with Crippen LogP contribution < -0.4 is 15.6 Å². The lowest BCUT2D eigenvalue weighted by atomic mass is 10.1. The summed E-state index contributed by atoms with van der Waals surface area (Å²) in [5.41, 5.74) is 2.02. The predicted octanol–water partition coefficient (Wildman–Crippen LogP) is 3.55. The van der Waals surface area contributed by atoms with E-state index >= 15 is 0 Å². The topological polar surface area (TPSA) is 143 Å². The summed E-state index contributed by atoms with van der Waals surface area (Å²) in [6.45, 7) is 0.484. The minimum absolute atomic E-state index is 0.0243. The van der Waals surface area contributed by atoms with Crippen molar-refractivity contribution in [3.8, 4) is 5.75 Å². The van der Waals surface area contributed by atoms with Crippen LogP contribution in [0.1, 0.15) is 18.4 Å². The third-order valence-corrected chi connectivity index (χ3v) is 6.54. The highest BCUT2D eigenvalue weighted by atomic mass is 35.5. The van der Waals surface area contributed by atoms with Gasteiger partial charge in [-0.1, -0.05) is 23.8 Å². The lowest BCUT2D eigenvalue weighted by Gasteiger charge is -2.12. The molecular formula is C30H27ClN2O9S. The van der Waals surface area contributed by atoms with Gasteiger partial charge in [0.2, 0.25) is 29.1 Å². The van der Waals surface area contributed by atoms with Gasteiger partial charge < -0.3 is 28.7 Å². The minimum atomic E-state index is -1.39. The van der Waals surface area contributed by atoms with Gasteiger partial charge >= 0.3 is 5.97 Å². The molecule has 13 heteroatoms. The smallest absolute Gasteiger partial charge is 0.309 e. The molecule has 1 aliphatic rings. The number of carbonyl (C=O) groups is 4. The molecule has 0 aliphatic heterocycles. The molecular weight excluding hydrogens is 600 g/mol. The third kappa shape index (κ3) is 9.13. The zero-order valence-electron chi connectivity index (χ0n) is 23.0. The van der Waals surface area contributed by atoms with Gasteiger partial charge in [-0.15, -0.1) is 0 Å². The number of nitrogens with zero attached hydrogens (tertiary/aromatic N) is 1. The fourth-order valence-electron chi connectivity index (χ4n) is 3.87. The lowest BCUT2D eigenvalue weighted by molar-refractivity contribution is -0.157. The van der Waals surface area contributed by atoms with Crippen LogP contribution in [0.2, 0.25) is 5.02 Å². The van der Waals surface area contributed by atoms with E-state index in [-0.39, 0.29) is 50.2 Å². The molecule has 0 radical (unpaired) electrons. The Balaban J connectivity index is 1.19. The Kier molecular flexibility index (Phi) is 11.3. The van der Waals surface area contributed by atoms with E-state index in [1.807, 2.05) is 6.07 Å². The standard InChI is InChI=1S/C30H27ClN2O9S/c1-38-25-8-4-20(32-27-9-2-18-16-19(31)3-7-24(18)41-27)17-21(25)30(43)33-26(36)10-12-39-14-15-40-13-11-28(37)42-29-22(34)5-6-23(29)35/h2-9,16-17,29H,10-15H2,1H3,(H,33,36,43)/b32-27-. The number of nitrogens with one attached hydrogen (secondary N) is 1. The van der Waals surface area contributed by atoms with Crippen molar-refractivity contribution in [1.29, 1.82) is 0 Å². The molecule has 224 valence electrons. The lowest BCUT2D eigenvalue weighted by Crippen LogP contribution is -2.30. The molecule has 0 unspecified atom stereocenters. The molecule has 3 aromatic rings. The maximum Gasteiger partial charge on any atom is 0.309 e. The molecule has 1 N–H and O–H groups in total. The van der Waals surface area contributed by atoms with Gasteiger partial charge in [-0.25, -0.2) is 4.99 Å². The fourth-order valence-corrected chi connectivity index (χ4v) is 4.32. The van der Waals surface area contributed by atoms with E-state index in [1.54, 1.807) is 42.5 Å². The van der Waals surface area contributed by atoms with E-state index < -0.39 is 23.6 Å². The number of fused-ring (bicyclic) bond motifs is 1. The first-order valence-electron chi connectivity index (χ1n) is 13.1. The van der Waals surface area contributed by atoms with Crippen LogP contribution in [0.5, 0.6) is 5.75 Å². The Morgan fingerprint density at radius 2 is 1.67 bits per heavy atom. The van der Waals surface area contributed by atoms with Crippen LogP contribution in [0.4, 0.5) is 5.69 Å². The first-order valence-corrected chi connectivity index (χ1v) is 13.9. The van der Waals surface area contributed by atoms with Gasteiger partial charge in [0, 0.05) is 16.5 Å². The molecule has 4 rings (SSSR count). The van der Waals surface area contributed by atoms with E-state index in [0.29, 0.717) is 33.2 Å². The van der Waals surface area contributed by atoms with Gasteiger partial charge in [0.05, 0.1) is 57.6 Å². The first kappa shape index (κ1) is 31.7. The van der Waals surface area contributed by atoms with Crippen molar-refractivity contribution in [2.24, 2.45) is 4.99 Å². The summed E-state index contributed by atoms with van der Waals surface area (Å²) in [4.78, 5) is 51.8. The number of hydrogen-bond donors (Lipinski definition) is 1. The number of carbonyl (C=O) groups excluding carboxylic acids is 4. The van der Waals surface area contributed by atoms with Crippen molar-refractivity contribution in [3.63, 3.8) is 0 Å². The van der Waals surface area contributed by atoms with Crippen molar-refractivity contribution >= 4 is 68.9 Å². The number of methoxy groups -OCH3 is 1. The number of hydrogen-bond acceptors (Lipinski definition) is 11. The molecule has 0 spiro atoms. The number of rotatable bonds is 13. The highest BCUT2D eigenvalue weighted by Crippen LogP contribution is 2.25. The Hall–Kier alpha value is -4.23. The maximum absolute atomic E-state index is 12.4. The second kappa shape index (κ2) is 15.3. The molecule has 11 nitrogen and oxygen atoms in total. The molecule has 1 aromatic heterocycles. The minimum Gasteiger partial charge on any atom is -0.496 e. The summed E-state index contributed by atoms with van der Waals surface area (Å²) in [7, 11) is 1.50. The van der Waals surface area contributed by atoms with Crippen LogP contribution in [0, 0.1) is 0 Å². The molecule has 43 heavy (non-hydrogen) atoms. The third-order valence-electron chi connectivity index (χ3n) is 5.99. The molecule has 0 atom stereocenters. The average molecular weight is 627 g/mol. The van der Waals surface area contributed by atoms with Crippen LogP contribution in [-0.4, -0.2) is 68.1 Å². The molecule has 2 aromatic carbocycles. The average Bonchev–Trinajstić information content (AvgIpc) is 3.30. The molecule has 1 amide bonds. The van der Waals surface area contributed by atoms with Crippen molar-refractivity contribution in [3.05, 3.63) is 76.8 Å². The quantitative estimate of drug-likeness (QED) is 0.129. The van der Waals surface area contributed by atoms with E-state index in [9.17, 15) is 19.2 Å². The SMILES string of the molecule is COc1ccc(/N=c2/ccc3cc(Cl)ccc3o2)cc1C(=S)NC(=O)CCOCCOCCC(=O)OC1C(=O)C=CC1=O. The van der Waals surface area contributed by atoms with Crippen LogP contribution in [0.25, 0.3) is 11.0 Å². The number of benzene rings is 2. The number of ether oxygens (including phenoxy) is 4. The summed E-state index contributed by atoms with van der Waals surface area (Å²) < 4.78 is 26.8. The van der Waals surface area contributed by atoms with E-state index in [1.165, 1.54) is 7.11 Å². The first-order chi connectivity index (χ1) is 20.7. The Labute approximate surface area is 256 Å². The zero-order valence-corrected chi connectivity index (χ0v) is 24.6. The zero-order chi connectivity index (χ0) is 30.8. The van der Waals surface area contributed by atoms with Gasteiger partial charge in [0.15, 0.2) is 0 Å². The number of halogens is 1. The van der Waals surface area contributed by atoms with Crippen molar-refractivity contribution in [1.82, 2.24) is 5.32 Å². The number of amides is 1. The number of thiocarbonyl (C=S) groups is 1. The highest BCUT2D eigenvalue weighted by Gasteiger charge is 2.31. The summed E-state index contributed by atoms with van der Waals surface area (Å²) in [5.74, 6) is -1.72. The summed E-state index contributed by atoms with van der Waals surface area (Å²) >= 11 is 11.5. The van der Waals surface area contributed by atoms with E-state index in [2.05, 4.69) is 10.3 Å². The Bertz CT molecular complexity index is 1630. The summed E-state index contributed by atoms with van der Waals surface area (Å²) in [6.07, 6.45) is 0.685. The monoisotopic (exact) mass is 626 g/mol. The maximum atomic E-state index is 12.4. The summed E-state index contributed by atoms with van der Waals surface area (Å²) in [5, 5.41) is 4.12. The Morgan fingerprint density at radius 1 is 0.953 bits per heavy atom. The Morgan fingerprint density at radius 3 is 2.40 bits per heavy atom. The van der Waals surface area contributed by atoms with Crippen LogP contribution in [0.3, 0.4) is 0 Å². The van der Waals surface area contributed by atoms with E-state index in [0.717, 1.165) is 17.5 Å². The summed E-state index contributed by atoms with van der Waals surface area (Å²) in [6, 6.07) is 14.0. The van der Waals surface area contributed by atoms with Crippen molar-refractivity contribution in [2.45, 2.75) is 18.9 Å². The largest absolute Gasteiger partial charge is 0.496 e. The normalized spacial score (nSPS) is 13.5. The molecule has 0 saturated carbocycles. The van der Waals surface area contributed by atoms with Crippen LogP contribution in [-0.2, 0) is 33.4 Å². The van der Waals surface area contributed by atoms with Gasteiger partial charge in [0.1, 0.15) is 16.3 Å². The molecule has 0 bridgehead atoms. The van der Waals surface area contributed by atoms with Crippen LogP contribution >= 0.6 is 23.8 Å². The fraction of sp³-hybridized carbons (Fsp3) is 0.267. The second-order valence-electron chi connectivity index (χ2n) is 9.06. The van der Waals surface area contributed by atoms with E-state index in [4.69, 9.17) is 47.2 Å². The van der Waals surface area contributed by atoms with Crippen molar-refractivity contribution < 1.29 is 42.5 Å². The molecule has 0 fully saturated rings. The van der Waals surface area contributed by atoms with Gasteiger partial charge in [-0.05, 0) is 54.6 Å². The van der Waals surface area contributed by atoms with Crippen LogP contribution in [0.15, 0.2) is 70.1 Å². The van der Waals surface area contributed by atoms with Gasteiger partial charge in [-0.2, -0.15) is 0 Å². The van der Waals surface area contributed by atoms with Gasteiger partial charge in [-0.3, -0.25) is 19.2 Å². The number of ketones is 2. The predicted molar refractivity (Wildman–Crippen MR) is 159 cm³/mol. The molecule has 1 heterocycles. The number of esters is 1. The van der Waals surface area contributed by atoms with Crippen molar-refractivity contribution in [2.75, 3.05) is 33.5 Å². The second-order valence-corrected chi connectivity index (χ2v) is 9.91. The van der Waals surface area contributed by atoms with Gasteiger partial charge in [0.25, 0.3) is 0 Å². The highest BCUT2D eigenvalue weighted by molar-refractivity contribution is 7.80. The molecule has 1 aliphatic carbocycles.